The standard InChI is InChI=1S/C37H32N4O5.C17H14N2O2.C3H6I2/c1-22-14-27-29(38-20-25-15-23-8-3-5-10-31(23)40(25)36(27)42)18-33(22)45-12-7-13-46-35-19-30-28(17-34(35)44-2)37(43)41-26(21-39-30)16-24-9-4-6-11-32(24)41;1-10-6-13-14(8-16(10)20)18-9-12-7-11-4-2-3-5-15(11)19(12)17(13)21;4-2-1-3-5/h3-6,8-11,14,17-21,25-26H,7,12-13,15-16H2,1-2H3;2-6,8-9,12,20H,7H2,1H3;1-3H2/t25-,26-;12-;/m00./s1. The van der Waals surface area contributed by atoms with Crippen LogP contribution in [-0.4, -0.2) is 88.8 Å². The molecular formula is C57H52I2N6O7. The molecule has 366 valence electrons. The Morgan fingerprint density at radius 2 is 0.931 bits per heavy atom. The molecular weight excluding hydrogens is 1130 g/mol. The molecule has 0 saturated carbocycles. The number of phenolic OH excluding ortho intramolecular Hbond substituents is 1. The van der Waals surface area contributed by atoms with Gasteiger partial charge in [0.25, 0.3) is 17.7 Å². The number of fused-ring (bicyclic) bond motifs is 12. The lowest BCUT2D eigenvalue weighted by molar-refractivity contribution is 0.0979. The van der Waals surface area contributed by atoms with Crippen molar-refractivity contribution in [2.75, 3.05) is 43.9 Å². The summed E-state index contributed by atoms with van der Waals surface area (Å²) in [6.45, 7) is 4.49. The van der Waals surface area contributed by atoms with E-state index in [9.17, 15) is 19.5 Å². The van der Waals surface area contributed by atoms with Crippen molar-refractivity contribution < 1.29 is 33.7 Å². The molecule has 13 nitrogen and oxygen atoms in total. The average Bonchev–Trinajstić information content (AvgIpc) is 4.01. The van der Waals surface area contributed by atoms with Crippen LogP contribution in [-0.2, 0) is 19.3 Å². The number of benzene rings is 6. The Kier molecular flexibility index (Phi) is 14.5. The van der Waals surface area contributed by atoms with Gasteiger partial charge in [0.05, 0.1) is 72.2 Å². The van der Waals surface area contributed by atoms with E-state index >= 15 is 0 Å². The number of rotatable bonds is 9. The van der Waals surface area contributed by atoms with Gasteiger partial charge < -0.3 is 19.3 Å². The number of anilines is 3. The molecule has 6 heterocycles. The van der Waals surface area contributed by atoms with Gasteiger partial charge in [-0.3, -0.25) is 44.1 Å². The lowest BCUT2D eigenvalue weighted by atomic mass is 10.1. The van der Waals surface area contributed by atoms with Gasteiger partial charge in [0.1, 0.15) is 11.5 Å². The van der Waals surface area contributed by atoms with Gasteiger partial charge in [-0.1, -0.05) is 99.8 Å². The molecule has 12 rings (SSSR count). The highest BCUT2D eigenvalue weighted by Crippen LogP contribution is 2.43. The molecule has 3 atom stereocenters. The number of alkyl halides is 2. The van der Waals surface area contributed by atoms with Crippen LogP contribution in [0.2, 0.25) is 0 Å². The summed E-state index contributed by atoms with van der Waals surface area (Å²) in [7, 11) is 1.56. The Morgan fingerprint density at radius 3 is 1.38 bits per heavy atom. The number of amides is 3. The summed E-state index contributed by atoms with van der Waals surface area (Å²) < 4.78 is 20.5. The van der Waals surface area contributed by atoms with E-state index in [1.807, 2.05) is 102 Å². The van der Waals surface area contributed by atoms with E-state index in [1.54, 1.807) is 49.4 Å². The van der Waals surface area contributed by atoms with E-state index in [0.29, 0.717) is 76.2 Å². The zero-order chi connectivity index (χ0) is 50.0. The SMILES string of the molecule is COc1cc2c(cc1OCCCOc1cc3c(cc1C)C(=O)N1c4ccccc4C[C@H]1C=N3)N=C[C@@H]1Cc3ccccc3N1C2=O.Cc1cc2c(cc1O)N=C[C@@H]1Cc3ccccc3N1C2=O.ICCCI. The van der Waals surface area contributed by atoms with Crippen molar-refractivity contribution in [1.82, 2.24) is 0 Å². The highest BCUT2D eigenvalue weighted by Gasteiger charge is 2.39. The molecule has 1 N–H and O–H groups in total. The monoisotopic (exact) mass is 1190 g/mol. The molecule has 6 aromatic rings. The van der Waals surface area contributed by atoms with Crippen LogP contribution >= 0.6 is 45.2 Å². The first-order valence-electron chi connectivity index (χ1n) is 24.0. The number of hydrogen-bond donors (Lipinski definition) is 1. The summed E-state index contributed by atoms with van der Waals surface area (Å²) in [5, 5.41) is 9.82. The average molecular weight is 1190 g/mol. The number of carbonyl (C=O) groups excluding carboxylic acids is 3. The number of carbonyl (C=O) groups is 3. The van der Waals surface area contributed by atoms with Crippen molar-refractivity contribution in [3.05, 3.63) is 154 Å². The maximum absolute atomic E-state index is 13.7. The lowest BCUT2D eigenvalue weighted by Gasteiger charge is -2.22. The third-order valence-electron chi connectivity index (χ3n) is 13.5. The third kappa shape index (κ3) is 9.48. The first-order chi connectivity index (χ1) is 35.1. The van der Waals surface area contributed by atoms with Gasteiger partial charge in [0, 0.05) is 88.4 Å². The van der Waals surface area contributed by atoms with Gasteiger partial charge in [-0.25, -0.2) is 0 Å². The molecule has 3 amide bonds. The molecule has 0 aromatic heterocycles. The van der Waals surface area contributed by atoms with E-state index < -0.39 is 0 Å². The topological polar surface area (TPSA) is 146 Å². The van der Waals surface area contributed by atoms with E-state index in [-0.39, 0.29) is 41.6 Å². The van der Waals surface area contributed by atoms with Crippen LogP contribution in [0.1, 0.15) is 71.7 Å². The second kappa shape index (κ2) is 21.2. The Morgan fingerprint density at radius 1 is 0.528 bits per heavy atom. The molecule has 15 heteroatoms. The number of nitrogens with zero attached hydrogens (tertiary/aromatic N) is 6. The fourth-order valence-electron chi connectivity index (χ4n) is 9.92. The van der Waals surface area contributed by atoms with Crippen molar-refractivity contribution >= 4 is 116 Å². The molecule has 6 aliphatic rings. The molecule has 0 radical (unpaired) electrons. The first kappa shape index (κ1) is 49.0. The van der Waals surface area contributed by atoms with Gasteiger partial charge in [-0.2, -0.15) is 0 Å². The van der Waals surface area contributed by atoms with Gasteiger partial charge in [0.2, 0.25) is 0 Å². The maximum Gasteiger partial charge on any atom is 0.261 e. The largest absolute Gasteiger partial charge is 0.508 e. The van der Waals surface area contributed by atoms with Crippen molar-refractivity contribution in [3.8, 4) is 23.0 Å². The number of aryl methyl sites for hydroxylation is 2. The molecule has 0 aliphatic carbocycles. The number of aromatic hydroxyl groups is 1. The lowest BCUT2D eigenvalue weighted by Crippen LogP contribution is -2.37. The number of halogens is 2. The van der Waals surface area contributed by atoms with Crippen LogP contribution < -0.4 is 28.9 Å². The smallest absolute Gasteiger partial charge is 0.261 e. The zero-order valence-corrected chi connectivity index (χ0v) is 44.4. The molecule has 0 bridgehead atoms. The van der Waals surface area contributed by atoms with Crippen LogP contribution in [0.25, 0.3) is 0 Å². The highest BCUT2D eigenvalue weighted by molar-refractivity contribution is 14.1. The fourth-order valence-corrected chi connectivity index (χ4v) is 12.1. The Balaban J connectivity index is 0.000000189. The zero-order valence-electron chi connectivity index (χ0n) is 40.1. The van der Waals surface area contributed by atoms with Crippen LogP contribution in [0.5, 0.6) is 23.0 Å². The highest BCUT2D eigenvalue weighted by atomic mass is 127. The maximum atomic E-state index is 13.7. The summed E-state index contributed by atoms with van der Waals surface area (Å²) in [5.74, 6) is 1.64. The number of aliphatic imine (C=N–C) groups is 3. The van der Waals surface area contributed by atoms with Gasteiger partial charge >= 0.3 is 0 Å². The Bertz CT molecular complexity index is 3210. The minimum atomic E-state index is -0.126. The van der Waals surface area contributed by atoms with Gasteiger partial charge in [-0.15, -0.1) is 0 Å². The summed E-state index contributed by atoms with van der Waals surface area (Å²) in [5.41, 5.74) is 11.1. The van der Waals surface area contributed by atoms with E-state index in [1.165, 1.54) is 20.8 Å². The molecule has 6 aromatic carbocycles. The predicted molar refractivity (Wildman–Crippen MR) is 302 cm³/mol. The summed E-state index contributed by atoms with van der Waals surface area (Å²) in [4.78, 5) is 59.4. The van der Waals surface area contributed by atoms with Crippen molar-refractivity contribution in [1.29, 1.82) is 0 Å². The fraction of sp³-hybridized carbons (Fsp3) is 0.263. The van der Waals surface area contributed by atoms with Crippen LogP contribution in [0.4, 0.5) is 34.1 Å². The van der Waals surface area contributed by atoms with Crippen molar-refractivity contribution in [3.63, 3.8) is 0 Å². The van der Waals surface area contributed by atoms with E-state index in [0.717, 1.165) is 53.0 Å². The molecule has 0 spiro atoms. The second-order valence-electron chi connectivity index (χ2n) is 18.2. The second-order valence-corrected chi connectivity index (χ2v) is 20.3. The molecule has 0 saturated heterocycles. The summed E-state index contributed by atoms with van der Waals surface area (Å²) in [6.07, 6.45) is 9.75. The number of methoxy groups -OCH3 is 1. The molecule has 72 heavy (non-hydrogen) atoms. The summed E-state index contributed by atoms with van der Waals surface area (Å²) in [6, 6.07) is 34.2. The quantitative estimate of drug-likeness (QED) is 0.0861. The minimum absolute atomic E-state index is 0.0450. The van der Waals surface area contributed by atoms with E-state index in [2.05, 4.69) is 67.3 Å². The Labute approximate surface area is 445 Å². The van der Waals surface area contributed by atoms with Crippen molar-refractivity contribution in [2.24, 2.45) is 15.0 Å². The van der Waals surface area contributed by atoms with Gasteiger partial charge in [0.15, 0.2) is 11.5 Å². The van der Waals surface area contributed by atoms with Gasteiger partial charge in [-0.05, 0) is 84.5 Å². The predicted octanol–water partition coefficient (Wildman–Crippen LogP) is 11.7. The first-order valence-corrected chi connectivity index (χ1v) is 27.1. The third-order valence-corrected chi connectivity index (χ3v) is 15.0. The minimum Gasteiger partial charge on any atom is -0.508 e. The van der Waals surface area contributed by atoms with Crippen LogP contribution in [0, 0.1) is 13.8 Å². The Hall–Kier alpha value is -6.60. The van der Waals surface area contributed by atoms with Crippen LogP contribution in [0.15, 0.2) is 124 Å². The number of ether oxygens (including phenoxy) is 3. The van der Waals surface area contributed by atoms with Crippen molar-refractivity contribution in [2.45, 2.75) is 64.1 Å². The number of phenols is 1. The van der Waals surface area contributed by atoms with E-state index in [4.69, 9.17) is 19.2 Å². The normalized spacial score (nSPS) is 18.0. The van der Waals surface area contributed by atoms with Crippen LogP contribution in [0.3, 0.4) is 0 Å². The molecule has 0 unspecified atom stereocenters. The number of para-hydroxylation sites is 3. The molecule has 6 aliphatic heterocycles. The molecule has 0 fully saturated rings. The number of hydrogen-bond acceptors (Lipinski definition) is 10. The summed E-state index contributed by atoms with van der Waals surface area (Å²) >= 11 is 4.77.